The van der Waals surface area contributed by atoms with Crippen molar-refractivity contribution in [2.45, 2.75) is 55.9 Å². The van der Waals surface area contributed by atoms with Gasteiger partial charge in [0, 0.05) is 31.7 Å². The van der Waals surface area contributed by atoms with E-state index in [1.807, 2.05) is 11.9 Å². The summed E-state index contributed by atoms with van der Waals surface area (Å²) < 4.78 is 27.6. The molecule has 4 rings (SSSR count). The lowest BCUT2D eigenvalue weighted by Gasteiger charge is -2.29. The molecular formula is C20H27ClN2O3S. The van der Waals surface area contributed by atoms with Gasteiger partial charge in [-0.05, 0) is 68.6 Å². The summed E-state index contributed by atoms with van der Waals surface area (Å²) in [5, 5.41) is 0.181. The molecule has 3 aliphatic rings. The molecule has 0 atom stereocenters. The standard InChI is InChI=1S/C20H27ClN2O3S/c1-22(19(14-5-6-14)15-7-8-15)20(24)16-9-10-17(21)18(13-16)27(25,26)23-11-3-2-4-12-23/h9-10,13-15,19H,2-8,11-12H2,1H3. The van der Waals surface area contributed by atoms with Gasteiger partial charge in [-0.1, -0.05) is 18.0 Å². The molecule has 1 heterocycles. The lowest BCUT2D eigenvalue weighted by Crippen LogP contribution is -2.40. The van der Waals surface area contributed by atoms with Crippen molar-refractivity contribution in [3.8, 4) is 0 Å². The fourth-order valence-corrected chi connectivity index (χ4v) is 6.33. The summed E-state index contributed by atoms with van der Waals surface area (Å²) in [4.78, 5) is 15.0. The number of halogens is 1. The van der Waals surface area contributed by atoms with Crippen LogP contribution in [0.1, 0.15) is 55.3 Å². The highest BCUT2D eigenvalue weighted by molar-refractivity contribution is 7.89. The maximum atomic E-state index is 13.1. The fourth-order valence-electron chi connectivity index (χ4n) is 4.31. The van der Waals surface area contributed by atoms with Crippen LogP contribution < -0.4 is 0 Å². The van der Waals surface area contributed by atoms with Crippen molar-refractivity contribution in [2.75, 3.05) is 20.1 Å². The molecule has 0 unspecified atom stereocenters. The normalized spacial score (nSPS) is 21.4. The quantitative estimate of drug-likeness (QED) is 0.717. The Morgan fingerprint density at radius 3 is 2.26 bits per heavy atom. The first kappa shape index (κ1) is 19.2. The molecule has 1 aromatic rings. The van der Waals surface area contributed by atoms with Crippen LogP contribution in [-0.4, -0.2) is 49.7 Å². The number of nitrogens with zero attached hydrogens (tertiary/aromatic N) is 2. The van der Waals surface area contributed by atoms with E-state index in [1.165, 1.54) is 36.1 Å². The Hall–Kier alpha value is -1.11. The van der Waals surface area contributed by atoms with Crippen LogP contribution in [0.3, 0.4) is 0 Å². The topological polar surface area (TPSA) is 57.7 Å². The number of carbonyl (C=O) groups excluding carboxylic acids is 1. The molecule has 0 aromatic heterocycles. The van der Waals surface area contributed by atoms with Gasteiger partial charge in [0.25, 0.3) is 5.91 Å². The first-order valence-electron chi connectivity index (χ1n) is 9.96. The SMILES string of the molecule is CN(C(=O)c1ccc(Cl)c(S(=O)(=O)N2CCCCC2)c1)C(C1CC1)C1CC1. The fraction of sp³-hybridized carbons (Fsp3) is 0.650. The summed E-state index contributed by atoms with van der Waals surface area (Å²) >= 11 is 6.24. The van der Waals surface area contributed by atoms with E-state index >= 15 is 0 Å². The monoisotopic (exact) mass is 410 g/mol. The number of hydrogen-bond donors (Lipinski definition) is 0. The van der Waals surface area contributed by atoms with Crippen LogP contribution >= 0.6 is 11.6 Å². The Morgan fingerprint density at radius 1 is 1.11 bits per heavy atom. The molecule has 7 heteroatoms. The zero-order valence-corrected chi connectivity index (χ0v) is 17.3. The lowest BCUT2D eigenvalue weighted by atomic mass is 10.0. The van der Waals surface area contributed by atoms with Gasteiger partial charge in [0.05, 0.1) is 5.02 Å². The summed E-state index contributed by atoms with van der Waals surface area (Å²) in [7, 11) is -1.81. The van der Waals surface area contributed by atoms with E-state index in [1.54, 1.807) is 12.1 Å². The van der Waals surface area contributed by atoms with E-state index in [0.717, 1.165) is 19.3 Å². The van der Waals surface area contributed by atoms with Gasteiger partial charge < -0.3 is 4.90 Å². The molecule has 3 fully saturated rings. The summed E-state index contributed by atoms with van der Waals surface area (Å²) in [5.41, 5.74) is 0.406. The predicted molar refractivity (Wildman–Crippen MR) is 105 cm³/mol. The van der Waals surface area contributed by atoms with E-state index in [-0.39, 0.29) is 21.9 Å². The minimum absolute atomic E-state index is 0.0553. The van der Waals surface area contributed by atoms with E-state index in [2.05, 4.69) is 0 Å². The number of hydrogen-bond acceptors (Lipinski definition) is 3. The van der Waals surface area contributed by atoms with E-state index < -0.39 is 10.0 Å². The summed E-state index contributed by atoms with van der Waals surface area (Å²) in [6, 6.07) is 4.95. The van der Waals surface area contributed by atoms with Crippen molar-refractivity contribution in [1.82, 2.24) is 9.21 Å². The van der Waals surface area contributed by atoms with Gasteiger partial charge in [0.1, 0.15) is 4.90 Å². The molecule has 0 N–H and O–H groups in total. The number of rotatable bonds is 6. The molecule has 0 spiro atoms. The Kier molecular flexibility index (Phi) is 5.25. The molecule has 0 bridgehead atoms. The third-order valence-corrected chi connectivity index (χ3v) is 8.47. The maximum Gasteiger partial charge on any atom is 0.253 e. The minimum Gasteiger partial charge on any atom is -0.338 e. The number of piperidine rings is 1. The van der Waals surface area contributed by atoms with Crippen LogP contribution in [0.5, 0.6) is 0 Å². The van der Waals surface area contributed by atoms with Gasteiger partial charge in [-0.25, -0.2) is 8.42 Å². The van der Waals surface area contributed by atoms with Gasteiger partial charge in [0.2, 0.25) is 10.0 Å². The van der Waals surface area contributed by atoms with Crippen LogP contribution in [0.25, 0.3) is 0 Å². The average Bonchev–Trinajstić information content (AvgIpc) is 3.57. The summed E-state index contributed by atoms with van der Waals surface area (Å²) in [6.07, 6.45) is 7.53. The molecule has 2 saturated carbocycles. The van der Waals surface area contributed by atoms with Gasteiger partial charge >= 0.3 is 0 Å². The third-order valence-electron chi connectivity index (χ3n) is 6.09. The molecule has 27 heavy (non-hydrogen) atoms. The smallest absolute Gasteiger partial charge is 0.253 e. The Morgan fingerprint density at radius 2 is 1.70 bits per heavy atom. The molecule has 1 amide bonds. The van der Waals surface area contributed by atoms with E-state index in [0.29, 0.717) is 30.5 Å². The molecule has 1 saturated heterocycles. The van der Waals surface area contributed by atoms with Crippen LogP contribution in [0.4, 0.5) is 0 Å². The Bertz CT molecular complexity index is 816. The van der Waals surface area contributed by atoms with Crippen LogP contribution in [-0.2, 0) is 10.0 Å². The molecule has 1 aliphatic heterocycles. The van der Waals surface area contributed by atoms with Gasteiger partial charge in [-0.3, -0.25) is 4.79 Å². The van der Waals surface area contributed by atoms with Crippen molar-refractivity contribution in [2.24, 2.45) is 11.8 Å². The van der Waals surface area contributed by atoms with Crippen molar-refractivity contribution < 1.29 is 13.2 Å². The first-order chi connectivity index (χ1) is 12.9. The highest BCUT2D eigenvalue weighted by Crippen LogP contribution is 2.47. The van der Waals surface area contributed by atoms with Crippen LogP contribution in [0.2, 0.25) is 5.02 Å². The minimum atomic E-state index is -3.67. The first-order valence-corrected chi connectivity index (χ1v) is 11.8. The molecule has 148 valence electrons. The third kappa shape index (κ3) is 3.89. The van der Waals surface area contributed by atoms with Gasteiger partial charge in [-0.2, -0.15) is 4.31 Å². The van der Waals surface area contributed by atoms with Crippen LogP contribution in [0.15, 0.2) is 23.1 Å². The largest absolute Gasteiger partial charge is 0.338 e. The molecule has 1 aromatic carbocycles. The maximum absolute atomic E-state index is 13.1. The van der Waals surface area contributed by atoms with Crippen molar-refractivity contribution in [1.29, 1.82) is 0 Å². The Labute approximate surface area is 166 Å². The Balaban J connectivity index is 1.60. The average molecular weight is 411 g/mol. The molecule has 0 radical (unpaired) electrons. The number of amides is 1. The van der Waals surface area contributed by atoms with Gasteiger partial charge in [-0.15, -0.1) is 0 Å². The van der Waals surface area contributed by atoms with E-state index in [4.69, 9.17) is 11.6 Å². The number of sulfonamides is 1. The number of carbonyl (C=O) groups is 1. The zero-order valence-electron chi connectivity index (χ0n) is 15.7. The number of benzene rings is 1. The molecule has 2 aliphatic carbocycles. The lowest BCUT2D eigenvalue weighted by molar-refractivity contribution is 0.0689. The second-order valence-electron chi connectivity index (χ2n) is 8.19. The van der Waals surface area contributed by atoms with Crippen molar-refractivity contribution in [3.05, 3.63) is 28.8 Å². The van der Waals surface area contributed by atoms with E-state index in [9.17, 15) is 13.2 Å². The van der Waals surface area contributed by atoms with Crippen LogP contribution in [0, 0.1) is 11.8 Å². The zero-order chi connectivity index (χ0) is 19.2. The highest BCUT2D eigenvalue weighted by atomic mass is 35.5. The van der Waals surface area contributed by atoms with Crippen molar-refractivity contribution >= 4 is 27.5 Å². The molecule has 5 nitrogen and oxygen atoms in total. The predicted octanol–water partition coefficient (Wildman–Crippen LogP) is 3.78. The second-order valence-corrected chi connectivity index (χ2v) is 10.5. The summed E-state index contributed by atoms with van der Waals surface area (Å²) in [5.74, 6) is 1.11. The molecular weight excluding hydrogens is 384 g/mol. The van der Waals surface area contributed by atoms with Crippen molar-refractivity contribution in [3.63, 3.8) is 0 Å². The highest BCUT2D eigenvalue weighted by Gasteiger charge is 2.45. The summed E-state index contributed by atoms with van der Waals surface area (Å²) in [6.45, 7) is 1.03. The second kappa shape index (κ2) is 7.37. The van der Waals surface area contributed by atoms with Gasteiger partial charge in [0.15, 0.2) is 0 Å².